The summed E-state index contributed by atoms with van der Waals surface area (Å²) in [6.07, 6.45) is 1.08. The number of benzene rings is 2. The smallest absolute Gasteiger partial charge is 0.124 e. The lowest BCUT2D eigenvalue weighted by Crippen LogP contribution is -2.13. The molecule has 2 rings (SSSR count). The Morgan fingerprint density at radius 2 is 1.85 bits per heavy atom. The largest absolute Gasteiger partial charge is 0.313 e. The molecular formula is C16H17BrFNS. The lowest BCUT2D eigenvalue weighted by atomic mass is 10.2. The van der Waals surface area contributed by atoms with E-state index >= 15 is 0 Å². The highest BCUT2D eigenvalue weighted by molar-refractivity contribution is 9.10. The van der Waals surface area contributed by atoms with Crippen molar-refractivity contribution in [3.05, 3.63) is 58.3 Å². The molecule has 0 aromatic heterocycles. The predicted molar refractivity (Wildman–Crippen MR) is 86.7 cm³/mol. The van der Waals surface area contributed by atoms with Crippen LogP contribution in [0.3, 0.4) is 0 Å². The third kappa shape index (κ3) is 4.93. The van der Waals surface area contributed by atoms with Gasteiger partial charge in [-0.1, -0.05) is 34.6 Å². The zero-order chi connectivity index (χ0) is 14.4. The maximum absolute atomic E-state index is 13.7. The molecule has 0 saturated heterocycles. The van der Waals surface area contributed by atoms with Crippen molar-refractivity contribution in [1.82, 2.24) is 5.32 Å². The molecule has 1 nitrogen and oxygen atoms in total. The lowest BCUT2D eigenvalue weighted by molar-refractivity contribution is 0.615. The van der Waals surface area contributed by atoms with E-state index in [4.69, 9.17) is 0 Å². The van der Waals surface area contributed by atoms with E-state index in [1.807, 2.05) is 30.3 Å². The van der Waals surface area contributed by atoms with E-state index in [9.17, 15) is 4.39 Å². The third-order valence-electron chi connectivity index (χ3n) is 2.74. The molecule has 20 heavy (non-hydrogen) atoms. The zero-order valence-corrected chi connectivity index (χ0v) is 13.7. The standard InChI is InChI=1S/C16H17BrFNS/c1-2-7-19-11-12-8-14(18)10-16(9-12)20-15-5-3-13(17)4-6-15/h3-6,8-10,19H,2,7,11H2,1H3. The second kappa shape index (κ2) is 7.81. The monoisotopic (exact) mass is 353 g/mol. The molecule has 0 aliphatic rings. The average Bonchev–Trinajstić information content (AvgIpc) is 2.41. The van der Waals surface area contributed by atoms with Gasteiger partial charge in [0, 0.05) is 20.8 Å². The Hall–Kier alpha value is -0.840. The van der Waals surface area contributed by atoms with Gasteiger partial charge in [0.15, 0.2) is 0 Å². The molecule has 4 heteroatoms. The van der Waals surface area contributed by atoms with E-state index in [0.29, 0.717) is 6.54 Å². The molecule has 106 valence electrons. The number of halogens is 2. The highest BCUT2D eigenvalue weighted by atomic mass is 79.9. The Kier molecular flexibility index (Phi) is 6.07. The van der Waals surface area contributed by atoms with Gasteiger partial charge in [-0.3, -0.25) is 0 Å². The molecule has 0 radical (unpaired) electrons. The summed E-state index contributed by atoms with van der Waals surface area (Å²) >= 11 is 4.99. The van der Waals surface area contributed by atoms with E-state index in [-0.39, 0.29) is 5.82 Å². The van der Waals surface area contributed by atoms with Gasteiger partial charge >= 0.3 is 0 Å². The topological polar surface area (TPSA) is 12.0 Å². The van der Waals surface area contributed by atoms with Crippen LogP contribution in [0.2, 0.25) is 0 Å². The minimum absolute atomic E-state index is 0.180. The summed E-state index contributed by atoms with van der Waals surface area (Å²) in [4.78, 5) is 2.03. The molecule has 0 aliphatic carbocycles. The highest BCUT2D eigenvalue weighted by Gasteiger charge is 2.03. The molecule has 0 aliphatic heterocycles. The predicted octanol–water partition coefficient (Wildman–Crippen LogP) is 5.24. The van der Waals surface area contributed by atoms with Crippen LogP contribution in [0, 0.1) is 5.82 Å². The van der Waals surface area contributed by atoms with Crippen LogP contribution in [0.25, 0.3) is 0 Å². The van der Waals surface area contributed by atoms with Gasteiger partial charge in [0.05, 0.1) is 0 Å². The second-order valence-electron chi connectivity index (χ2n) is 4.53. The van der Waals surface area contributed by atoms with Crippen LogP contribution in [-0.4, -0.2) is 6.54 Å². The Balaban J connectivity index is 2.09. The first-order valence-electron chi connectivity index (χ1n) is 6.61. The van der Waals surface area contributed by atoms with Crippen molar-refractivity contribution in [3.63, 3.8) is 0 Å². The first-order chi connectivity index (χ1) is 9.67. The van der Waals surface area contributed by atoms with Crippen LogP contribution in [-0.2, 0) is 6.54 Å². The first-order valence-corrected chi connectivity index (χ1v) is 8.22. The van der Waals surface area contributed by atoms with Gasteiger partial charge in [-0.2, -0.15) is 0 Å². The molecule has 0 saturated carbocycles. The summed E-state index contributed by atoms with van der Waals surface area (Å²) in [5, 5.41) is 3.29. The van der Waals surface area contributed by atoms with Crippen LogP contribution >= 0.6 is 27.7 Å². The molecule has 0 unspecified atom stereocenters. The molecule has 0 atom stereocenters. The quantitative estimate of drug-likeness (QED) is 0.712. The van der Waals surface area contributed by atoms with Crippen molar-refractivity contribution in [2.75, 3.05) is 6.54 Å². The minimum atomic E-state index is -0.180. The van der Waals surface area contributed by atoms with Crippen LogP contribution < -0.4 is 5.32 Å². The van der Waals surface area contributed by atoms with Crippen molar-refractivity contribution in [1.29, 1.82) is 0 Å². The molecule has 2 aromatic carbocycles. The van der Waals surface area contributed by atoms with Gasteiger partial charge in [0.2, 0.25) is 0 Å². The molecule has 1 N–H and O–H groups in total. The first kappa shape index (κ1) is 15.5. The van der Waals surface area contributed by atoms with E-state index < -0.39 is 0 Å². The van der Waals surface area contributed by atoms with Crippen molar-refractivity contribution >= 4 is 27.7 Å². The second-order valence-corrected chi connectivity index (χ2v) is 6.59. The maximum atomic E-state index is 13.7. The molecule has 0 amide bonds. The Morgan fingerprint density at radius 1 is 1.10 bits per heavy atom. The normalized spacial score (nSPS) is 10.8. The van der Waals surface area contributed by atoms with E-state index in [0.717, 1.165) is 32.8 Å². The summed E-state index contributed by atoms with van der Waals surface area (Å²) in [6.45, 7) is 3.78. The van der Waals surface area contributed by atoms with Gasteiger partial charge in [0.25, 0.3) is 0 Å². The Morgan fingerprint density at radius 3 is 2.55 bits per heavy atom. The van der Waals surface area contributed by atoms with E-state index in [1.165, 1.54) is 0 Å². The summed E-state index contributed by atoms with van der Waals surface area (Å²) < 4.78 is 14.7. The van der Waals surface area contributed by atoms with Crippen LogP contribution in [0.5, 0.6) is 0 Å². The zero-order valence-electron chi connectivity index (χ0n) is 11.3. The van der Waals surface area contributed by atoms with Crippen molar-refractivity contribution < 1.29 is 4.39 Å². The van der Waals surface area contributed by atoms with Crippen LogP contribution in [0.15, 0.2) is 56.7 Å². The number of rotatable bonds is 6. The van der Waals surface area contributed by atoms with Crippen LogP contribution in [0.4, 0.5) is 4.39 Å². The molecule has 0 fully saturated rings. The highest BCUT2D eigenvalue weighted by Crippen LogP contribution is 2.29. The Bertz CT molecular complexity index is 557. The lowest BCUT2D eigenvalue weighted by Gasteiger charge is -2.07. The number of hydrogen-bond acceptors (Lipinski definition) is 2. The summed E-state index contributed by atoms with van der Waals surface area (Å²) in [5.41, 5.74) is 0.984. The fourth-order valence-corrected chi connectivity index (χ4v) is 3.02. The Labute approximate surface area is 132 Å². The summed E-state index contributed by atoms with van der Waals surface area (Å²) in [7, 11) is 0. The van der Waals surface area contributed by atoms with Gasteiger partial charge < -0.3 is 5.32 Å². The van der Waals surface area contributed by atoms with E-state index in [2.05, 4.69) is 28.2 Å². The van der Waals surface area contributed by atoms with Gasteiger partial charge in [0.1, 0.15) is 5.82 Å². The fourth-order valence-electron chi connectivity index (χ4n) is 1.83. The fraction of sp³-hybridized carbons (Fsp3) is 0.250. The molecular weight excluding hydrogens is 337 g/mol. The SMILES string of the molecule is CCCNCc1cc(F)cc(Sc2ccc(Br)cc2)c1. The number of nitrogens with one attached hydrogen (secondary N) is 1. The van der Waals surface area contributed by atoms with E-state index in [1.54, 1.807) is 23.9 Å². The number of hydrogen-bond donors (Lipinski definition) is 1. The average molecular weight is 354 g/mol. The van der Waals surface area contributed by atoms with Crippen molar-refractivity contribution in [2.24, 2.45) is 0 Å². The van der Waals surface area contributed by atoms with Gasteiger partial charge in [-0.15, -0.1) is 0 Å². The molecule has 0 bridgehead atoms. The third-order valence-corrected chi connectivity index (χ3v) is 4.24. The minimum Gasteiger partial charge on any atom is -0.313 e. The summed E-state index contributed by atoms with van der Waals surface area (Å²) in [6, 6.07) is 13.2. The molecule has 0 spiro atoms. The van der Waals surface area contributed by atoms with Gasteiger partial charge in [-0.25, -0.2) is 4.39 Å². The van der Waals surface area contributed by atoms with Crippen molar-refractivity contribution in [2.45, 2.75) is 29.7 Å². The van der Waals surface area contributed by atoms with Crippen LogP contribution in [0.1, 0.15) is 18.9 Å². The van der Waals surface area contributed by atoms with Crippen molar-refractivity contribution in [3.8, 4) is 0 Å². The molecule has 2 aromatic rings. The van der Waals surface area contributed by atoms with Gasteiger partial charge in [-0.05, 0) is 61.0 Å². The maximum Gasteiger partial charge on any atom is 0.124 e. The molecule has 0 heterocycles. The summed E-state index contributed by atoms with van der Waals surface area (Å²) in [5.74, 6) is -0.180.